The van der Waals surface area contributed by atoms with Crippen LogP contribution in [0, 0.1) is 0 Å². The molecule has 3 heterocycles. The van der Waals surface area contributed by atoms with Crippen molar-refractivity contribution < 1.29 is 4.79 Å². The molecule has 110 valence electrons. The molecular formula is C15H14N6O. The average Bonchev–Trinajstić information content (AvgIpc) is 3.03. The van der Waals surface area contributed by atoms with Gasteiger partial charge in [-0.3, -0.25) is 19.9 Å². The lowest BCUT2D eigenvalue weighted by molar-refractivity contribution is -0.120. The van der Waals surface area contributed by atoms with Gasteiger partial charge in [0, 0.05) is 12.4 Å². The van der Waals surface area contributed by atoms with E-state index in [1.165, 1.54) is 0 Å². The van der Waals surface area contributed by atoms with Crippen LogP contribution in [0.2, 0.25) is 0 Å². The van der Waals surface area contributed by atoms with Crippen molar-refractivity contribution in [3.05, 3.63) is 60.3 Å². The minimum atomic E-state index is -0.144. The molecule has 0 aliphatic heterocycles. The summed E-state index contributed by atoms with van der Waals surface area (Å²) in [6.45, 7) is 0.390. The molecule has 0 aliphatic carbocycles. The van der Waals surface area contributed by atoms with E-state index in [0.717, 1.165) is 5.69 Å². The van der Waals surface area contributed by atoms with E-state index in [4.69, 9.17) is 0 Å². The van der Waals surface area contributed by atoms with Crippen LogP contribution in [0.5, 0.6) is 0 Å². The van der Waals surface area contributed by atoms with Crippen LogP contribution in [0.4, 0.5) is 0 Å². The molecule has 0 atom stereocenters. The fourth-order valence-electron chi connectivity index (χ4n) is 1.89. The molecule has 2 N–H and O–H groups in total. The second-order valence-electron chi connectivity index (χ2n) is 4.60. The third-order valence-corrected chi connectivity index (χ3v) is 2.95. The van der Waals surface area contributed by atoms with Crippen molar-refractivity contribution in [3.63, 3.8) is 0 Å². The minimum absolute atomic E-state index is 0.132. The van der Waals surface area contributed by atoms with Crippen molar-refractivity contribution >= 4 is 5.91 Å². The third-order valence-electron chi connectivity index (χ3n) is 2.95. The first-order chi connectivity index (χ1) is 10.8. The molecule has 7 nitrogen and oxygen atoms in total. The number of H-pyrrole nitrogens is 1. The highest BCUT2D eigenvalue weighted by molar-refractivity contribution is 5.77. The molecule has 0 bridgehead atoms. The van der Waals surface area contributed by atoms with Crippen molar-refractivity contribution in [2.24, 2.45) is 0 Å². The average molecular weight is 294 g/mol. The van der Waals surface area contributed by atoms with Gasteiger partial charge in [0.2, 0.25) is 5.91 Å². The standard InChI is InChI=1S/C15H14N6O/c22-14(18-10-11-5-1-3-7-16-11)9-13-19-15(21-20-13)12-6-2-4-8-17-12/h1-8H,9-10H2,(H,18,22)(H,19,20,21). The first kappa shape index (κ1) is 13.9. The number of pyridine rings is 2. The normalized spacial score (nSPS) is 10.4. The number of amides is 1. The fraction of sp³-hybridized carbons (Fsp3) is 0.133. The second-order valence-corrected chi connectivity index (χ2v) is 4.60. The summed E-state index contributed by atoms with van der Waals surface area (Å²) >= 11 is 0. The molecule has 3 aromatic heterocycles. The molecule has 0 fully saturated rings. The highest BCUT2D eigenvalue weighted by Gasteiger charge is 2.10. The van der Waals surface area contributed by atoms with Crippen LogP contribution in [0.15, 0.2) is 48.8 Å². The first-order valence-electron chi connectivity index (χ1n) is 6.80. The Kier molecular flexibility index (Phi) is 4.15. The van der Waals surface area contributed by atoms with E-state index in [2.05, 4.69) is 30.5 Å². The number of carbonyl (C=O) groups excluding carboxylic acids is 1. The van der Waals surface area contributed by atoms with Gasteiger partial charge in [0.15, 0.2) is 5.82 Å². The maximum absolute atomic E-state index is 11.9. The Morgan fingerprint density at radius 1 is 1.09 bits per heavy atom. The lowest BCUT2D eigenvalue weighted by Gasteiger charge is -2.02. The lowest BCUT2D eigenvalue weighted by Crippen LogP contribution is -2.25. The molecular weight excluding hydrogens is 280 g/mol. The van der Waals surface area contributed by atoms with E-state index in [1.54, 1.807) is 12.4 Å². The number of nitrogens with zero attached hydrogens (tertiary/aromatic N) is 4. The van der Waals surface area contributed by atoms with Gasteiger partial charge in [-0.2, -0.15) is 5.10 Å². The molecule has 7 heteroatoms. The molecule has 0 saturated carbocycles. The van der Waals surface area contributed by atoms with E-state index in [9.17, 15) is 4.79 Å². The molecule has 0 aliphatic rings. The first-order valence-corrected chi connectivity index (χ1v) is 6.80. The van der Waals surface area contributed by atoms with Crippen LogP contribution in [-0.4, -0.2) is 31.1 Å². The van der Waals surface area contributed by atoms with E-state index >= 15 is 0 Å². The van der Waals surface area contributed by atoms with Crippen LogP contribution in [0.3, 0.4) is 0 Å². The predicted octanol–water partition coefficient (Wildman–Crippen LogP) is 1.12. The number of aromatic nitrogens is 5. The van der Waals surface area contributed by atoms with Gasteiger partial charge in [0.25, 0.3) is 0 Å². The summed E-state index contributed by atoms with van der Waals surface area (Å²) in [5, 5.41) is 9.61. The number of aromatic amines is 1. The van der Waals surface area contributed by atoms with Crippen molar-refractivity contribution in [1.82, 2.24) is 30.5 Å². The molecule has 0 radical (unpaired) electrons. The zero-order chi connectivity index (χ0) is 15.2. The molecule has 3 aromatic rings. The Labute approximate surface area is 126 Å². The van der Waals surface area contributed by atoms with Crippen LogP contribution in [-0.2, 0) is 17.8 Å². The smallest absolute Gasteiger partial charge is 0.227 e. The summed E-state index contributed by atoms with van der Waals surface area (Å²) in [4.78, 5) is 24.5. The van der Waals surface area contributed by atoms with Crippen LogP contribution >= 0.6 is 0 Å². The molecule has 0 spiro atoms. The predicted molar refractivity (Wildman–Crippen MR) is 79.4 cm³/mol. The van der Waals surface area contributed by atoms with Gasteiger partial charge in [-0.05, 0) is 24.3 Å². The molecule has 22 heavy (non-hydrogen) atoms. The maximum Gasteiger partial charge on any atom is 0.227 e. The van der Waals surface area contributed by atoms with Gasteiger partial charge in [0.05, 0.1) is 18.7 Å². The third kappa shape index (κ3) is 3.51. The largest absolute Gasteiger partial charge is 0.350 e. The molecule has 0 unspecified atom stereocenters. The van der Waals surface area contributed by atoms with Gasteiger partial charge < -0.3 is 5.32 Å². The Morgan fingerprint density at radius 2 is 1.91 bits per heavy atom. The van der Waals surface area contributed by atoms with Gasteiger partial charge in [0.1, 0.15) is 11.5 Å². The fourth-order valence-corrected chi connectivity index (χ4v) is 1.89. The quantitative estimate of drug-likeness (QED) is 0.735. The second kappa shape index (κ2) is 6.57. The topological polar surface area (TPSA) is 96.5 Å². The van der Waals surface area contributed by atoms with E-state index < -0.39 is 0 Å². The molecule has 0 aromatic carbocycles. The van der Waals surface area contributed by atoms with E-state index in [1.807, 2.05) is 36.4 Å². The molecule has 3 rings (SSSR count). The minimum Gasteiger partial charge on any atom is -0.350 e. The molecule has 1 amide bonds. The summed E-state index contributed by atoms with van der Waals surface area (Å²) in [6, 6.07) is 11.1. The zero-order valence-corrected chi connectivity index (χ0v) is 11.7. The Morgan fingerprint density at radius 3 is 2.64 bits per heavy atom. The maximum atomic E-state index is 11.9. The number of hydrogen-bond donors (Lipinski definition) is 2. The summed E-state index contributed by atoms with van der Waals surface area (Å²) in [6.07, 6.45) is 3.49. The van der Waals surface area contributed by atoms with Crippen molar-refractivity contribution in [3.8, 4) is 11.5 Å². The summed E-state index contributed by atoms with van der Waals surface area (Å²) in [5.41, 5.74) is 1.47. The monoisotopic (exact) mass is 294 g/mol. The molecule has 0 saturated heterocycles. The van der Waals surface area contributed by atoms with Crippen LogP contribution in [0.1, 0.15) is 11.5 Å². The van der Waals surface area contributed by atoms with Crippen molar-refractivity contribution in [2.75, 3.05) is 0 Å². The lowest BCUT2D eigenvalue weighted by atomic mass is 10.3. The number of nitrogens with one attached hydrogen (secondary N) is 2. The highest BCUT2D eigenvalue weighted by atomic mass is 16.1. The Balaban J connectivity index is 1.57. The van der Waals surface area contributed by atoms with Gasteiger partial charge >= 0.3 is 0 Å². The Bertz CT molecular complexity index is 741. The number of hydrogen-bond acceptors (Lipinski definition) is 5. The van der Waals surface area contributed by atoms with E-state index in [0.29, 0.717) is 23.9 Å². The highest BCUT2D eigenvalue weighted by Crippen LogP contribution is 2.10. The SMILES string of the molecule is O=C(Cc1nc(-c2ccccn2)n[nH]1)NCc1ccccn1. The zero-order valence-electron chi connectivity index (χ0n) is 11.7. The summed E-state index contributed by atoms with van der Waals surface area (Å²) < 4.78 is 0. The Hall–Kier alpha value is -3.09. The van der Waals surface area contributed by atoms with Gasteiger partial charge in [-0.1, -0.05) is 12.1 Å². The van der Waals surface area contributed by atoms with Gasteiger partial charge in [-0.15, -0.1) is 0 Å². The van der Waals surface area contributed by atoms with Crippen LogP contribution < -0.4 is 5.32 Å². The number of carbonyl (C=O) groups is 1. The summed E-state index contributed by atoms with van der Waals surface area (Å²) in [7, 11) is 0. The van der Waals surface area contributed by atoms with Crippen LogP contribution in [0.25, 0.3) is 11.5 Å². The van der Waals surface area contributed by atoms with Crippen molar-refractivity contribution in [2.45, 2.75) is 13.0 Å². The summed E-state index contributed by atoms with van der Waals surface area (Å²) in [5.74, 6) is 0.835. The van der Waals surface area contributed by atoms with Crippen molar-refractivity contribution in [1.29, 1.82) is 0 Å². The van der Waals surface area contributed by atoms with E-state index in [-0.39, 0.29) is 12.3 Å². The van der Waals surface area contributed by atoms with Gasteiger partial charge in [-0.25, -0.2) is 4.98 Å². The number of rotatable bonds is 5.